The first-order valence-electron chi connectivity index (χ1n) is 1.75. The normalized spacial score (nSPS) is 8.40. The second-order valence-corrected chi connectivity index (χ2v) is 2.49. The number of hydrogen-bond acceptors (Lipinski definition) is 0. The monoisotopic (exact) mass is 136 g/mol. The van der Waals surface area contributed by atoms with Gasteiger partial charge < -0.3 is 0 Å². The van der Waals surface area contributed by atoms with Gasteiger partial charge in [0.1, 0.15) is 0 Å². The van der Waals surface area contributed by atoms with E-state index in [4.69, 9.17) is 0 Å². The SMILES string of the molecule is CC[CH2][Ge][F]. The van der Waals surface area contributed by atoms with Crippen LogP contribution in [-0.4, -0.2) is 15.9 Å². The molecule has 0 nitrogen and oxygen atoms in total. The van der Waals surface area contributed by atoms with E-state index < -0.39 is 15.9 Å². The van der Waals surface area contributed by atoms with Crippen molar-refractivity contribution in [3.05, 3.63) is 0 Å². The number of hydrogen-bond donors (Lipinski definition) is 0. The van der Waals surface area contributed by atoms with Crippen molar-refractivity contribution in [2.75, 3.05) is 0 Å². The zero-order chi connectivity index (χ0) is 4.12. The van der Waals surface area contributed by atoms with E-state index >= 15 is 0 Å². The van der Waals surface area contributed by atoms with Crippen molar-refractivity contribution in [2.45, 2.75) is 18.6 Å². The Morgan fingerprint density at radius 2 is 2.40 bits per heavy atom. The molecule has 0 aliphatic rings. The molecule has 0 aliphatic carbocycles. The second-order valence-electron chi connectivity index (χ2n) is 0.884. The summed E-state index contributed by atoms with van der Waals surface area (Å²) in [4.78, 5) is 0. The molecular formula is C3H7FGe. The molecule has 2 heteroatoms. The molecule has 0 bridgehead atoms. The van der Waals surface area contributed by atoms with Crippen molar-refractivity contribution in [3.8, 4) is 0 Å². The van der Waals surface area contributed by atoms with Gasteiger partial charge in [0.25, 0.3) is 0 Å². The van der Waals surface area contributed by atoms with Gasteiger partial charge in [-0.1, -0.05) is 0 Å². The predicted octanol–water partition coefficient (Wildman–Crippen LogP) is 1.40. The van der Waals surface area contributed by atoms with Crippen molar-refractivity contribution >= 4 is 15.9 Å². The predicted molar refractivity (Wildman–Crippen MR) is 22.0 cm³/mol. The first-order chi connectivity index (χ1) is 2.41. The Kier molecular flexibility index (Phi) is 4.90. The van der Waals surface area contributed by atoms with Crippen LogP contribution in [0, 0.1) is 0 Å². The van der Waals surface area contributed by atoms with E-state index in [1.54, 1.807) is 0 Å². The third-order valence-electron chi connectivity index (χ3n) is 0.344. The van der Waals surface area contributed by atoms with Crippen molar-refractivity contribution in [2.24, 2.45) is 0 Å². The molecule has 0 amide bonds. The Bertz CT molecular complexity index is 14.4. The van der Waals surface area contributed by atoms with Crippen molar-refractivity contribution < 1.29 is 3.50 Å². The minimum atomic E-state index is -0.993. The summed E-state index contributed by atoms with van der Waals surface area (Å²) < 4.78 is 11.1. The van der Waals surface area contributed by atoms with E-state index in [2.05, 4.69) is 0 Å². The standard InChI is InChI=1S/C3H7FGe/c1-2-3-5-4/h2-3H2,1H3. The van der Waals surface area contributed by atoms with Crippen LogP contribution in [0.4, 0.5) is 3.50 Å². The van der Waals surface area contributed by atoms with Gasteiger partial charge in [-0.3, -0.25) is 0 Å². The Morgan fingerprint density at radius 1 is 1.80 bits per heavy atom. The fourth-order valence-electron chi connectivity index (χ4n) is 0.0945. The molecule has 0 aromatic carbocycles. The fourth-order valence-corrected chi connectivity index (χ4v) is 0.491. The fraction of sp³-hybridized carbons (Fsp3) is 1.00. The Morgan fingerprint density at radius 3 is 2.40 bits per heavy atom. The maximum absolute atomic E-state index is 11.1. The van der Waals surface area contributed by atoms with Crippen LogP contribution >= 0.6 is 0 Å². The van der Waals surface area contributed by atoms with Crippen molar-refractivity contribution in [1.82, 2.24) is 0 Å². The Hall–Kier alpha value is 0.473. The third-order valence-corrected chi connectivity index (χ3v) is 1.79. The van der Waals surface area contributed by atoms with Crippen LogP contribution in [0.1, 0.15) is 13.3 Å². The molecule has 0 aromatic rings. The summed E-state index contributed by atoms with van der Waals surface area (Å²) in [6, 6.07) is 0. The molecule has 0 atom stereocenters. The molecule has 2 radical (unpaired) electrons. The van der Waals surface area contributed by atoms with E-state index in [1.165, 1.54) is 0 Å². The zero-order valence-electron chi connectivity index (χ0n) is 3.29. The van der Waals surface area contributed by atoms with Crippen LogP contribution in [0.25, 0.3) is 0 Å². The molecule has 0 saturated carbocycles. The van der Waals surface area contributed by atoms with Crippen LogP contribution in [0.2, 0.25) is 5.25 Å². The average molecular weight is 135 g/mol. The molecule has 0 N–H and O–H groups in total. The Labute approximate surface area is 38.7 Å². The van der Waals surface area contributed by atoms with Crippen LogP contribution in [0.5, 0.6) is 0 Å². The molecule has 0 fully saturated rings. The molecule has 5 heavy (non-hydrogen) atoms. The summed E-state index contributed by atoms with van der Waals surface area (Å²) >= 11 is -0.993. The number of halogens is 1. The van der Waals surface area contributed by atoms with Gasteiger partial charge in [-0.05, 0) is 0 Å². The van der Waals surface area contributed by atoms with Crippen molar-refractivity contribution in [1.29, 1.82) is 0 Å². The van der Waals surface area contributed by atoms with E-state index in [9.17, 15) is 3.50 Å². The minimum absolute atomic E-state index is 0.847. The van der Waals surface area contributed by atoms with Gasteiger partial charge in [-0.15, -0.1) is 0 Å². The molecule has 30 valence electrons. The summed E-state index contributed by atoms with van der Waals surface area (Å²) in [6.45, 7) is 2.00. The van der Waals surface area contributed by atoms with Gasteiger partial charge in [-0.25, -0.2) is 0 Å². The van der Waals surface area contributed by atoms with Gasteiger partial charge in [0, 0.05) is 0 Å². The first-order valence-corrected chi connectivity index (χ1v) is 4.03. The van der Waals surface area contributed by atoms with E-state index in [1.807, 2.05) is 6.92 Å². The summed E-state index contributed by atoms with van der Waals surface area (Å²) in [5.41, 5.74) is 0. The van der Waals surface area contributed by atoms with Crippen LogP contribution in [-0.2, 0) is 0 Å². The van der Waals surface area contributed by atoms with Gasteiger partial charge in [0.2, 0.25) is 0 Å². The second kappa shape index (κ2) is 4.47. The van der Waals surface area contributed by atoms with E-state index in [0.717, 1.165) is 11.7 Å². The molecular weight excluding hydrogens is 128 g/mol. The molecule has 0 spiro atoms. The molecule has 0 aromatic heterocycles. The van der Waals surface area contributed by atoms with E-state index in [0.29, 0.717) is 0 Å². The quantitative estimate of drug-likeness (QED) is 0.501. The molecule has 0 saturated heterocycles. The van der Waals surface area contributed by atoms with Crippen molar-refractivity contribution in [3.63, 3.8) is 0 Å². The van der Waals surface area contributed by atoms with Gasteiger partial charge >= 0.3 is 38.0 Å². The summed E-state index contributed by atoms with van der Waals surface area (Å²) in [6.07, 6.45) is 1.02. The third kappa shape index (κ3) is 4.47. The van der Waals surface area contributed by atoms with Crippen LogP contribution in [0.3, 0.4) is 0 Å². The van der Waals surface area contributed by atoms with Gasteiger partial charge in [-0.2, -0.15) is 0 Å². The summed E-state index contributed by atoms with van der Waals surface area (Å²) in [5, 5.41) is 0.847. The first kappa shape index (κ1) is 5.47. The maximum atomic E-state index is 11.1. The Balaban J connectivity index is 2.19. The van der Waals surface area contributed by atoms with Crippen LogP contribution in [0.15, 0.2) is 0 Å². The summed E-state index contributed by atoms with van der Waals surface area (Å²) in [5.74, 6) is 0. The molecule has 0 unspecified atom stereocenters. The average Bonchev–Trinajstić information content (AvgIpc) is 1.41. The molecule has 0 heterocycles. The zero-order valence-corrected chi connectivity index (χ0v) is 5.39. The van der Waals surface area contributed by atoms with Gasteiger partial charge in [0.15, 0.2) is 0 Å². The topological polar surface area (TPSA) is 0 Å². The summed E-state index contributed by atoms with van der Waals surface area (Å²) in [7, 11) is 0. The van der Waals surface area contributed by atoms with Gasteiger partial charge in [0.05, 0.1) is 0 Å². The molecule has 0 aliphatic heterocycles. The number of rotatable bonds is 2. The molecule has 0 rings (SSSR count). The van der Waals surface area contributed by atoms with E-state index in [-0.39, 0.29) is 0 Å². The van der Waals surface area contributed by atoms with Crippen LogP contribution < -0.4 is 0 Å².